The Morgan fingerprint density at radius 1 is 0.540 bits per heavy atom. The van der Waals surface area contributed by atoms with Gasteiger partial charge in [0.05, 0.1) is 12.1 Å². The Balaban J connectivity index is 1.67. The molecular weight excluding hydrogens is 622 g/mol. The molecule has 8 nitrogen and oxygen atoms in total. The molecule has 0 spiro atoms. The number of nitrogens with two attached hydrogens (primary N) is 2. The van der Waals surface area contributed by atoms with E-state index >= 15 is 0 Å². The second kappa shape index (κ2) is 28.5. The van der Waals surface area contributed by atoms with Crippen molar-refractivity contribution in [2.24, 2.45) is 11.5 Å². The quantitative estimate of drug-likeness (QED) is 0.0643. The number of benzene rings is 2. The van der Waals surface area contributed by atoms with Crippen molar-refractivity contribution in [3.8, 4) is 0 Å². The molecule has 0 saturated carbocycles. The minimum Gasteiger partial charge on any atom is -0.355 e. The third kappa shape index (κ3) is 21.1. The van der Waals surface area contributed by atoms with Crippen molar-refractivity contribution in [2.45, 2.75) is 147 Å². The Morgan fingerprint density at radius 2 is 0.900 bits per heavy atom. The van der Waals surface area contributed by atoms with Crippen LogP contribution in [0.1, 0.15) is 134 Å². The molecule has 2 atom stereocenters. The Kier molecular flexibility index (Phi) is 24.4. The summed E-state index contributed by atoms with van der Waals surface area (Å²) in [5, 5.41) is 5.88. The average molecular weight is 692 g/mol. The number of carbonyl (C=O) groups excluding carboxylic acids is 3. The number of nitrogens with zero attached hydrogens (tertiary/aromatic N) is 1. The van der Waals surface area contributed by atoms with Gasteiger partial charge in [0.2, 0.25) is 17.7 Å². The molecule has 0 aromatic heterocycles. The first-order valence-electron chi connectivity index (χ1n) is 19.8. The summed E-state index contributed by atoms with van der Waals surface area (Å²) >= 11 is 0. The fourth-order valence-corrected chi connectivity index (χ4v) is 6.31. The topological polar surface area (TPSA) is 131 Å². The predicted molar refractivity (Wildman–Crippen MR) is 208 cm³/mol. The minimum absolute atomic E-state index is 0.138. The Hall–Kier alpha value is -3.23. The van der Waals surface area contributed by atoms with Gasteiger partial charge >= 0.3 is 0 Å². The highest BCUT2D eigenvalue weighted by Crippen LogP contribution is 2.14. The molecule has 0 aliphatic heterocycles. The zero-order valence-corrected chi connectivity index (χ0v) is 31.2. The maximum absolute atomic E-state index is 13.3. The minimum atomic E-state index is -0.614. The third-order valence-electron chi connectivity index (χ3n) is 9.43. The molecule has 0 aliphatic carbocycles. The van der Waals surface area contributed by atoms with Crippen molar-refractivity contribution in [3.63, 3.8) is 0 Å². The van der Waals surface area contributed by atoms with Gasteiger partial charge in [0, 0.05) is 32.6 Å². The molecule has 0 radical (unpaired) electrons. The van der Waals surface area contributed by atoms with Crippen molar-refractivity contribution in [1.82, 2.24) is 15.5 Å². The molecule has 0 bridgehead atoms. The van der Waals surface area contributed by atoms with Crippen LogP contribution in [-0.4, -0.2) is 60.9 Å². The van der Waals surface area contributed by atoms with Crippen LogP contribution in [0.2, 0.25) is 0 Å². The molecule has 6 N–H and O–H groups in total. The summed E-state index contributed by atoms with van der Waals surface area (Å²) in [5.74, 6) is -0.225. The number of hydrogen-bond donors (Lipinski definition) is 4. The summed E-state index contributed by atoms with van der Waals surface area (Å²) in [5.41, 5.74) is 14.3. The van der Waals surface area contributed by atoms with Gasteiger partial charge in [-0.2, -0.15) is 0 Å². The van der Waals surface area contributed by atoms with E-state index in [1.807, 2.05) is 65.6 Å². The van der Waals surface area contributed by atoms with Gasteiger partial charge in [-0.05, 0) is 43.2 Å². The summed E-state index contributed by atoms with van der Waals surface area (Å²) in [7, 11) is 0. The Labute approximate surface area is 303 Å². The number of carbonyl (C=O) groups is 3. The smallest absolute Gasteiger partial charge is 0.237 e. The van der Waals surface area contributed by atoms with E-state index in [1.165, 1.54) is 83.5 Å². The van der Waals surface area contributed by atoms with Crippen LogP contribution in [0.15, 0.2) is 60.7 Å². The van der Waals surface area contributed by atoms with E-state index in [9.17, 15) is 14.4 Å². The summed E-state index contributed by atoms with van der Waals surface area (Å²) in [4.78, 5) is 40.3. The average Bonchev–Trinajstić information content (AvgIpc) is 3.13. The first-order valence-corrected chi connectivity index (χ1v) is 19.8. The van der Waals surface area contributed by atoms with Crippen LogP contribution in [0.25, 0.3) is 0 Å². The van der Waals surface area contributed by atoms with E-state index in [1.54, 1.807) is 0 Å². The van der Waals surface area contributed by atoms with Gasteiger partial charge in [0.1, 0.15) is 0 Å². The third-order valence-corrected chi connectivity index (χ3v) is 9.43. The number of nitrogens with one attached hydrogen (secondary N) is 2. The van der Waals surface area contributed by atoms with E-state index in [4.69, 9.17) is 11.5 Å². The summed E-state index contributed by atoms with van der Waals surface area (Å²) in [6, 6.07) is 18.3. The second-order valence-electron chi connectivity index (χ2n) is 14.0. The number of hydrogen-bond acceptors (Lipinski definition) is 5. The molecule has 2 aromatic rings. The zero-order chi connectivity index (χ0) is 36.1. The highest BCUT2D eigenvalue weighted by atomic mass is 16.2. The molecule has 3 amide bonds. The van der Waals surface area contributed by atoms with Gasteiger partial charge in [-0.25, -0.2) is 0 Å². The van der Waals surface area contributed by atoms with E-state index < -0.39 is 12.1 Å². The van der Waals surface area contributed by atoms with Crippen LogP contribution in [0.3, 0.4) is 0 Å². The van der Waals surface area contributed by atoms with Crippen LogP contribution >= 0.6 is 0 Å². The lowest BCUT2D eigenvalue weighted by Crippen LogP contribution is -2.44. The van der Waals surface area contributed by atoms with E-state index in [0.717, 1.165) is 24.0 Å². The normalized spacial score (nSPS) is 12.3. The molecule has 0 unspecified atom stereocenters. The van der Waals surface area contributed by atoms with Crippen molar-refractivity contribution in [2.75, 3.05) is 26.2 Å². The predicted octanol–water partition coefficient (Wildman–Crippen LogP) is 7.23. The fraction of sp³-hybridized carbons (Fsp3) is 0.643. The lowest BCUT2D eigenvalue weighted by atomic mass is 10.0. The van der Waals surface area contributed by atoms with Gasteiger partial charge in [-0.3, -0.25) is 14.4 Å². The van der Waals surface area contributed by atoms with Gasteiger partial charge in [-0.1, -0.05) is 157 Å². The SMILES string of the molecule is CCCCCCCCCCCCCCCCCC(=O)N(CCCNC(=O)[C@@H](N)Cc1ccccc1)CCCNC(=O)[C@@H](N)Cc1ccccc1. The van der Waals surface area contributed by atoms with Crippen LogP contribution in [-0.2, 0) is 27.2 Å². The van der Waals surface area contributed by atoms with E-state index in [2.05, 4.69) is 17.6 Å². The molecule has 50 heavy (non-hydrogen) atoms. The highest BCUT2D eigenvalue weighted by Gasteiger charge is 2.17. The number of rotatable bonds is 30. The summed E-state index contributed by atoms with van der Waals surface area (Å²) < 4.78 is 0. The van der Waals surface area contributed by atoms with E-state index in [0.29, 0.717) is 58.3 Å². The fourth-order valence-electron chi connectivity index (χ4n) is 6.31. The second-order valence-corrected chi connectivity index (χ2v) is 14.0. The number of unbranched alkanes of at least 4 members (excludes halogenated alkanes) is 14. The largest absolute Gasteiger partial charge is 0.355 e. The Bertz CT molecular complexity index is 1080. The molecule has 0 aliphatic rings. The summed E-state index contributed by atoms with van der Waals surface area (Å²) in [6.07, 6.45) is 22.2. The molecule has 280 valence electrons. The zero-order valence-electron chi connectivity index (χ0n) is 31.2. The molecular formula is C42H69N5O3. The van der Waals surface area contributed by atoms with Crippen LogP contribution in [0.5, 0.6) is 0 Å². The van der Waals surface area contributed by atoms with Crippen molar-refractivity contribution in [3.05, 3.63) is 71.8 Å². The van der Waals surface area contributed by atoms with Gasteiger partial charge < -0.3 is 27.0 Å². The molecule has 2 aromatic carbocycles. The first-order chi connectivity index (χ1) is 24.4. The van der Waals surface area contributed by atoms with E-state index in [-0.39, 0.29) is 17.7 Å². The highest BCUT2D eigenvalue weighted by molar-refractivity contribution is 5.82. The maximum Gasteiger partial charge on any atom is 0.237 e. The van der Waals surface area contributed by atoms with Gasteiger partial charge in [-0.15, -0.1) is 0 Å². The molecule has 2 rings (SSSR count). The van der Waals surface area contributed by atoms with Gasteiger partial charge in [0.25, 0.3) is 0 Å². The maximum atomic E-state index is 13.3. The summed E-state index contributed by atoms with van der Waals surface area (Å²) in [6.45, 7) is 4.27. The first kappa shape index (κ1) is 42.9. The van der Waals surface area contributed by atoms with Gasteiger partial charge in [0.15, 0.2) is 0 Å². The Morgan fingerprint density at radius 3 is 1.28 bits per heavy atom. The van der Waals surface area contributed by atoms with Crippen molar-refractivity contribution in [1.29, 1.82) is 0 Å². The lowest BCUT2D eigenvalue weighted by molar-refractivity contribution is -0.131. The number of amides is 3. The molecule has 0 heterocycles. The van der Waals surface area contributed by atoms with Crippen molar-refractivity contribution < 1.29 is 14.4 Å². The molecule has 8 heteroatoms. The van der Waals surface area contributed by atoms with Crippen LogP contribution < -0.4 is 22.1 Å². The monoisotopic (exact) mass is 692 g/mol. The van der Waals surface area contributed by atoms with Crippen LogP contribution in [0, 0.1) is 0 Å². The molecule has 0 saturated heterocycles. The lowest BCUT2D eigenvalue weighted by Gasteiger charge is -2.23. The molecule has 0 fully saturated rings. The standard InChI is InChI=1S/C42H69N5O3/c1-2-3-4-5-6-7-8-9-10-11-12-13-14-15-22-29-40(48)47(32-23-30-45-41(49)38(43)34-36-25-18-16-19-26-36)33-24-31-46-42(50)39(44)35-37-27-20-17-21-28-37/h16-21,25-28,38-39H,2-15,22-24,29-35,43-44H2,1H3,(H,45,49)(H,46,50)/t38-,39-/m0/s1. The van der Waals surface area contributed by atoms with Crippen molar-refractivity contribution >= 4 is 17.7 Å². The van der Waals surface area contributed by atoms with Crippen LogP contribution in [0.4, 0.5) is 0 Å².